The van der Waals surface area contributed by atoms with Crippen molar-refractivity contribution < 1.29 is 9.53 Å². The summed E-state index contributed by atoms with van der Waals surface area (Å²) in [7, 11) is 1.67. The van der Waals surface area contributed by atoms with Gasteiger partial charge in [-0.1, -0.05) is 5.92 Å². The molecule has 1 aliphatic heterocycles. The summed E-state index contributed by atoms with van der Waals surface area (Å²) in [6, 6.07) is 3.44. The zero-order valence-electron chi connectivity index (χ0n) is 9.59. The number of amides is 2. The molecule has 0 aromatic carbocycles. The predicted octanol–water partition coefficient (Wildman–Crippen LogP) is 0.965. The summed E-state index contributed by atoms with van der Waals surface area (Å²) in [5, 5.41) is 0. The van der Waals surface area contributed by atoms with Crippen LogP contribution in [0.5, 0.6) is 5.88 Å². The van der Waals surface area contributed by atoms with E-state index in [-0.39, 0.29) is 12.6 Å². The third-order valence-corrected chi connectivity index (χ3v) is 2.48. The molecule has 0 fully saturated rings. The Morgan fingerprint density at radius 1 is 1.76 bits per heavy atom. The SMILES string of the molecule is C#CCN(C)C(=O)N1CCOc2ncccc21. The van der Waals surface area contributed by atoms with Gasteiger partial charge in [-0.15, -0.1) is 6.42 Å². The molecular weight excluding hydrogens is 218 g/mol. The molecule has 0 N–H and O–H groups in total. The maximum atomic E-state index is 12.1. The van der Waals surface area contributed by atoms with Gasteiger partial charge < -0.3 is 9.64 Å². The number of hydrogen-bond donors (Lipinski definition) is 0. The molecular formula is C12H13N3O2. The highest BCUT2D eigenvalue weighted by Crippen LogP contribution is 2.28. The summed E-state index contributed by atoms with van der Waals surface area (Å²) in [6.45, 7) is 1.23. The summed E-state index contributed by atoms with van der Waals surface area (Å²) >= 11 is 0. The lowest BCUT2D eigenvalue weighted by molar-refractivity contribution is 0.214. The van der Waals surface area contributed by atoms with Crippen LogP contribution >= 0.6 is 0 Å². The molecule has 2 rings (SSSR count). The molecule has 2 amide bonds. The minimum absolute atomic E-state index is 0.138. The normalized spacial score (nSPS) is 13.3. The highest BCUT2D eigenvalue weighted by molar-refractivity contribution is 5.93. The van der Waals surface area contributed by atoms with Crippen LogP contribution in [0.3, 0.4) is 0 Å². The van der Waals surface area contributed by atoms with Crippen LogP contribution in [-0.2, 0) is 0 Å². The molecule has 0 radical (unpaired) electrons. The van der Waals surface area contributed by atoms with Crippen molar-refractivity contribution in [2.24, 2.45) is 0 Å². The van der Waals surface area contributed by atoms with Gasteiger partial charge in [0.2, 0.25) is 5.88 Å². The highest BCUT2D eigenvalue weighted by Gasteiger charge is 2.26. The predicted molar refractivity (Wildman–Crippen MR) is 63.9 cm³/mol. The summed E-state index contributed by atoms with van der Waals surface area (Å²) in [4.78, 5) is 19.3. The van der Waals surface area contributed by atoms with E-state index in [9.17, 15) is 4.79 Å². The van der Waals surface area contributed by atoms with E-state index >= 15 is 0 Å². The first-order valence-corrected chi connectivity index (χ1v) is 5.28. The molecule has 1 aliphatic rings. The fraction of sp³-hybridized carbons (Fsp3) is 0.333. The quantitative estimate of drug-likeness (QED) is 0.676. The Labute approximate surface area is 100.0 Å². The summed E-state index contributed by atoms with van der Waals surface area (Å²) in [6.07, 6.45) is 6.83. The fourth-order valence-corrected chi connectivity index (χ4v) is 1.66. The lowest BCUT2D eigenvalue weighted by atomic mass is 10.3. The summed E-state index contributed by atoms with van der Waals surface area (Å²) < 4.78 is 5.38. The van der Waals surface area contributed by atoms with Crippen LogP contribution in [-0.4, -0.2) is 42.7 Å². The molecule has 0 saturated heterocycles. The molecule has 5 nitrogen and oxygen atoms in total. The maximum absolute atomic E-state index is 12.1. The largest absolute Gasteiger partial charge is 0.474 e. The molecule has 0 bridgehead atoms. The zero-order valence-corrected chi connectivity index (χ0v) is 9.59. The van der Waals surface area contributed by atoms with E-state index in [2.05, 4.69) is 10.9 Å². The highest BCUT2D eigenvalue weighted by atomic mass is 16.5. The second kappa shape index (κ2) is 4.74. The van der Waals surface area contributed by atoms with Gasteiger partial charge in [0, 0.05) is 13.2 Å². The molecule has 1 aromatic heterocycles. The van der Waals surface area contributed by atoms with Gasteiger partial charge >= 0.3 is 6.03 Å². The van der Waals surface area contributed by atoms with Crippen molar-refractivity contribution in [2.45, 2.75) is 0 Å². The lowest BCUT2D eigenvalue weighted by Gasteiger charge is -2.31. The third-order valence-electron chi connectivity index (χ3n) is 2.48. The van der Waals surface area contributed by atoms with Crippen molar-refractivity contribution >= 4 is 11.7 Å². The van der Waals surface area contributed by atoms with Gasteiger partial charge in [0.05, 0.1) is 13.1 Å². The zero-order chi connectivity index (χ0) is 12.3. The van der Waals surface area contributed by atoms with Crippen molar-refractivity contribution in [3.63, 3.8) is 0 Å². The number of fused-ring (bicyclic) bond motifs is 1. The van der Waals surface area contributed by atoms with Crippen LogP contribution in [0.15, 0.2) is 18.3 Å². The Balaban J connectivity index is 2.24. The van der Waals surface area contributed by atoms with Gasteiger partial charge in [0.1, 0.15) is 12.3 Å². The number of rotatable bonds is 1. The van der Waals surface area contributed by atoms with Gasteiger partial charge in [-0.25, -0.2) is 9.78 Å². The van der Waals surface area contributed by atoms with Crippen molar-refractivity contribution in [2.75, 3.05) is 31.6 Å². The van der Waals surface area contributed by atoms with E-state index in [1.54, 1.807) is 24.2 Å². The van der Waals surface area contributed by atoms with Gasteiger partial charge in [-0.3, -0.25) is 4.90 Å². The van der Waals surface area contributed by atoms with Crippen molar-refractivity contribution in [3.8, 4) is 18.2 Å². The van der Waals surface area contributed by atoms with Crippen LogP contribution < -0.4 is 9.64 Å². The minimum Gasteiger partial charge on any atom is -0.474 e. The van der Waals surface area contributed by atoms with E-state index in [0.717, 1.165) is 0 Å². The lowest BCUT2D eigenvalue weighted by Crippen LogP contribution is -2.45. The van der Waals surface area contributed by atoms with Gasteiger partial charge in [-0.05, 0) is 12.1 Å². The van der Waals surface area contributed by atoms with Gasteiger partial charge in [0.15, 0.2) is 0 Å². The fourth-order valence-electron chi connectivity index (χ4n) is 1.66. The second-order valence-corrected chi connectivity index (χ2v) is 3.67. The molecule has 2 heterocycles. The number of urea groups is 1. The smallest absolute Gasteiger partial charge is 0.325 e. The molecule has 0 aliphatic carbocycles. The molecule has 88 valence electrons. The summed E-state index contributed by atoms with van der Waals surface area (Å²) in [5.41, 5.74) is 0.688. The first-order valence-electron chi connectivity index (χ1n) is 5.28. The molecule has 0 unspecified atom stereocenters. The molecule has 0 saturated carbocycles. The molecule has 0 atom stereocenters. The maximum Gasteiger partial charge on any atom is 0.325 e. The molecule has 17 heavy (non-hydrogen) atoms. The number of aromatic nitrogens is 1. The number of nitrogens with zero attached hydrogens (tertiary/aromatic N) is 3. The molecule has 5 heteroatoms. The second-order valence-electron chi connectivity index (χ2n) is 3.67. The number of ether oxygens (including phenoxy) is 1. The number of carbonyl (C=O) groups is 1. The Kier molecular flexibility index (Phi) is 3.15. The van der Waals surface area contributed by atoms with E-state index in [1.807, 2.05) is 6.07 Å². The first kappa shape index (κ1) is 11.3. The Morgan fingerprint density at radius 3 is 3.35 bits per heavy atom. The topological polar surface area (TPSA) is 45.7 Å². The van der Waals surface area contributed by atoms with Crippen LogP contribution in [0, 0.1) is 12.3 Å². The number of hydrogen-bond acceptors (Lipinski definition) is 3. The number of terminal acetylenes is 1. The average Bonchev–Trinajstić information content (AvgIpc) is 2.37. The van der Waals surface area contributed by atoms with Crippen molar-refractivity contribution in [1.82, 2.24) is 9.88 Å². The van der Waals surface area contributed by atoms with Crippen LogP contribution in [0.1, 0.15) is 0 Å². The van der Waals surface area contributed by atoms with E-state index < -0.39 is 0 Å². The summed E-state index contributed by atoms with van der Waals surface area (Å²) in [5.74, 6) is 2.93. The van der Waals surface area contributed by atoms with Crippen LogP contribution in [0.25, 0.3) is 0 Å². The van der Waals surface area contributed by atoms with E-state index in [0.29, 0.717) is 24.7 Å². The first-order chi connectivity index (χ1) is 8.24. The Morgan fingerprint density at radius 2 is 2.59 bits per heavy atom. The van der Waals surface area contributed by atoms with Crippen LogP contribution in [0.4, 0.5) is 10.5 Å². The molecule has 0 spiro atoms. The van der Waals surface area contributed by atoms with Gasteiger partial charge in [0.25, 0.3) is 0 Å². The molecule has 1 aromatic rings. The number of anilines is 1. The van der Waals surface area contributed by atoms with E-state index in [1.165, 1.54) is 4.90 Å². The standard InChI is InChI=1S/C12H13N3O2/c1-3-7-14(2)12(16)15-8-9-17-11-10(15)5-4-6-13-11/h1,4-6H,7-9H2,2H3. The number of carbonyl (C=O) groups excluding carboxylic acids is 1. The number of pyridine rings is 1. The third kappa shape index (κ3) is 2.16. The Bertz CT molecular complexity index is 467. The minimum atomic E-state index is -0.138. The van der Waals surface area contributed by atoms with Crippen LogP contribution in [0.2, 0.25) is 0 Å². The monoisotopic (exact) mass is 231 g/mol. The van der Waals surface area contributed by atoms with E-state index in [4.69, 9.17) is 11.2 Å². The van der Waals surface area contributed by atoms with Crippen molar-refractivity contribution in [3.05, 3.63) is 18.3 Å². The average molecular weight is 231 g/mol. The van der Waals surface area contributed by atoms with Gasteiger partial charge in [-0.2, -0.15) is 0 Å². The Hall–Kier alpha value is -2.22. The van der Waals surface area contributed by atoms with Crippen molar-refractivity contribution in [1.29, 1.82) is 0 Å².